The van der Waals surface area contributed by atoms with Crippen LogP contribution in [0.4, 0.5) is 5.69 Å². The Bertz CT molecular complexity index is 1390. The molecule has 0 saturated carbocycles. The number of anilines is 1. The molecule has 3 aromatic carbocycles. The number of benzene rings is 3. The average molecular weight is 528 g/mol. The molecule has 7 nitrogen and oxygen atoms in total. The second-order valence-corrected chi connectivity index (χ2v) is 8.39. The molecular weight excluding hydrogens is 509 g/mol. The summed E-state index contributed by atoms with van der Waals surface area (Å²) in [4.78, 5) is 16.9. The molecule has 0 fully saturated rings. The Morgan fingerprint density at radius 3 is 2.23 bits per heavy atom. The molecular formula is C25H19Cl2N3O4S. The molecule has 0 bridgehead atoms. The molecule has 0 aliphatic rings. The quantitative estimate of drug-likeness (QED) is 0.277. The van der Waals surface area contributed by atoms with Crippen molar-refractivity contribution >= 4 is 63.0 Å². The van der Waals surface area contributed by atoms with Gasteiger partial charge in [-0.25, -0.2) is 0 Å². The van der Waals surface area contributed by atoms with E-state index in [1.165, 1.54) is 0 Å². The predicted molar refractivity (Wildman–Crippen MR) is 142 cm³/mol. The van der Waals surface area contributed by atoms with Gasteiger partial charge in [-0.2, -0.15) is 0 Å². The Balaban J connectivity index is 1.45. The van der Waals surface area contributed by atoms with Gasteiger partial charge < -0.3 is 19.5 Å². The summed E-state index contributed by atoms with van der Waals surface area (Å²) in [6, 6.07) is 17.3. The fraction of sp³-hybridized carbons (Fsp3) is 0.0800. The molecule has 2 N–H and O–H groups in total. The van der Waals surface area contributed by atoms with Crippen LogP contribution in [0.25, 0.3) is 10.9 Å². The summed E-state index contributed by atoms with van der Waals surface area (Å²) in [5.74, 6) is 1.85. The number of hydrogen-bond donors (Lipinski definition) is 2. The van der Waals surface area contributed by atoms with Crippen LogP contribution < -0.4 is 24.8 Å². The van der Waals surface area contributed by atoms with E-state index in [2.05, 4.69) is 15.6 Å². The third-order valence-electron chi connectivity index (χ3n) is 4.96. The number of carbonyl (C=O) groups is 1. The van der Waals surface area contributed by atoms with Gasteiger partial charge in [-0.15, -0.1) is 0 Å². The molecule has 0 atom stereocenters. The summed E-state index contributed by atoms with van der Waals surface area (Å²) in [5, 5.41) is 6.86. The largest absolute Gasteiger partial charge is 0.493 e. The number of hydrogen-bond acceptors (Lipinski definition) is 6. The van der Waals surface area contributed by atoms with Gasteiger partial charge in [0.1, 0.15) is 11.5 Å². The predicted octanol–water partition coefficient (Wildman–Crippen LogP) is 6.48. The summed E-state index contributed by atoms with van der Waals surface area (Å²) < 4.78 is 16.8. The molecule has 0 radical (unpaired) electrons. The van der Waals surface area contributed by atoms with Crippen molar-refractivity contribution in [2.75, 3.05) is 19.5 Å². The maximum absolute atomic E-state index is 12.5. The number of nitrogens with one attached hydrogen (secondary N) is 2. The smallest absolute Gasteiger partial charge is 0.260 e. The van der Waals surface area contributed by atoms with Crippen molar-refractivity contribution < 1.29 is 19.0 Å². The van der Waals surface area contributed by atoms with Crippen molar-refractivity contribution in [3.05, 3.63) is 82.5 Å². The SMILES string of the molecule is COc1cc2nccc(Oc3ccc(NC(=S)NC(=O)c4c(Cl)cccc4Cl)cc3)c2cc1OC. The Hall–Kier alpha value is -3.59. The number of thiocarbonyl (C=S) groups is 1. The van der Waals surface area contributed by atoms with Crippen molar-refractivity contribution in [3.63, 3.8) is 0 Å². The summed E-state index contributed by atoms with van der Waals surface area (Å²) in [6.07, 6.45) is 1.66. The van der Waals surface area contributed by atoms with Crippen molar-refractivity contribution in [1.82, 2.24) is 10.3 Å². The number of ether oxygens (including phenoxy) is 3. The number of fused-ring (bicyclic) bond motifs is 1. The first kappa shape index (κ1) is 24.5. The number of carbonyl (C=O) groups excluding carboxylic acids is 1. The number of aromatic nitrogens is 1. The molecule has 4 rings (SSSR count). The number of rotatable bonds is 6. The highest BCUT2D eigenvalue weighted by atomic mass is 35.5. The summed E-state index contributed by atoms with van der Waals surface area (Å²) in [7, 11) is 3.14. The van der Waals surface area contributed by atoms with Crippen LogP contribution in [0.1, 0.15) is 10.4 Å². The highest BCUT2D eigenvalue weighted by Gasteiger charge is 2.16. The van der Waals surface area contributed by atoms with Gasteiger partial charge in [-0.1, -0.05) is 29.3 Å². The van der Waals surface area contributed by atoms with Crippen molar-refractivity contribution in [2.24, 2.45) is 0 Å². The van der Waals surface area contributed by atoms with E-state index in [1.807, 2.05) is 6.07 Å². The van der Waals surface area contributed by atoms with Crippen LogP contribution in [0.15, 0.2) is 66.9 Å². The van der Waals surface area contributed by atoms with E-state index in [9.17, 15) is 4.79 Å². The van der Waals surface area contributed by atoms with Crippen molar-refractivity contribution in [1.29, 1.82) is 0 Å². The zero-order chi connectivity index (χ0) is 24.9. The monoisotopic (exact) mass is 527 g/mol. The maximum atomic E-state index is 12.5. The highest BCUT2D eigenvalue weighted by Crippen LogP contribution is 2.37. The minimum atomic E-state index is -0.505. The lowest BCUT2D eigenvalue weighted by atomic mass is 10.2. The standard InChI is InChI=1S/C25H19Cl2N3O4S/c1-32-21-12-16-19(13-22(21)33-2)28-11-10-20(16)34-15-8-6-14(7-9-15)29-25(35)30-24(31)23-17(26)4-3-5-18(23)27/h3-13H,1-2H3,(H2,29,30,31,35). The fourth-order valence-corrected chi connectivity index (χ4v) is 4.09. The maximum Gasteiger partial charge on any atom is 0.260 e. The lowest BCUT2D eigenvalue weighted by Crippen LogP contribution is -2.34. The van der Waals surface area contributed by atoms with Crippen LogP contribution in [-0.4, -0.2) is 30.2 Å². The lowest BCUT2D eigenvalue weighted by molar-refractivity contribution is 0.0978. The van der Waals surface area contributed by atoms with Crippen LogP contribution in [0.3, 0.4) is 0 Å². The van der Waals surface area contributed by atoms with Crippen LogP contribution in [0.2, 0.25) is 10.0 Å². The van der Waals surface area contributed by atoms with Gasteiger partial charge in [-0.3, -0.25) is 15.1 Å². The van der Waals surface area contributed by atoms with Crippen molar-refractivity contribution in [2.45, 2.75) is 0 Å². The van der Waals surface area contributed by atoms with E-state index in [0.717, 1.165) is 5.39 Å². The summed E-state index contributed by atoms with van der Waals surface area (Å²) in [5.41, 5.74) is 1.51. The third-order valence-corrected chi connectivity index (χ3v) is 5.80. The Morgan fingerprint density at radius 1 is 0.914 bits per heavy atom. The second kappa shape index (κ2) is 10.8. The van der Waals surface area contributed by atoms with Crippen LogP contribution in [-0.2, 0) is 0 Å². The van der Waals surface area contributed by atoms with Gasteiger partial charge in [0.2, 0.25) is 0 Å². The van der Waals surface area contributed by atoms with Gasteiger partial charge in [0.05, 0.1) is 35.3 Å². The molecule has 0 unspecified atom stereocenters. The molecule has 0 aliphatic carbocycles. The van der Waals surface area contributed by atoms with E-state index < -0.39 is 5.91 Å². The zero-order valence-corrected chi connectivity index (χ0v) is 20.9. The molecule has 10 heteroatoms. The summed E-state index contributed by atoms with van der Waals surface area (Å²) >= 11 is 17.4. The number of pyridine rings is 1. The average Bonchev–Trinajstić information content (AvgIpc) is 2.84. The zero-order valence-electron chi connectivity index (χ0n) is 18.6. The fourth-order valence-electron chi connectivity index (χ4n) is 3.31. The van der Waals surface area contributed by atoms with E-state index in [4.69, 9.17) is 49.6 Å². The number of halogens is 2. The third kappa shape index (κ3) is 5.57. The van der Waals surface area contributed by atoms with Gasteiger partial charge in [-0.05, 0) is 60.7 Å². The first-order chi connectivity index (χ1) is 16.9. The van der Waals surface area contributed by atoms with Gasteiger partial charge in [0, 0.05) is 23.3 Å². The molecule has 1 amide bonds. The molecule has 1 aromatic heterocycles. The van der Waals surface area contributed by atoms with Crippen LogP contribution >= 0.6 is 35.4 Å². The molecule has 178 valence electrons. The normalized spacial score (nSPS) is 10.5. The second-order valence-electron chi connectivity index (χ2n) is 7.16. The van der Waals surface area contributed by atoms with Crippen LogP contribution in [0.5, 0.6) is 23.0 Å². The Labute approximate surface area is 216 Å². The molecule has 35 heavy (non-hydrogen) atoms. The lowest BCUT2D eigenvalue weighted by Gasteiger charge is -2.13. The summed E-state index contributed by atoms with van der Waals surface area (Å²) in [6.45, 7) is 0. The van der Waals surface area contributed by atoms with E-state index in [1.54, 1.807) is 75.0 Å². The Morgan fingerprint density at radius 2 is 1.57 bits per heavy atom. The molecule has 4 aromatic rings. The van der Waals surface area contributed by atoms with E-state index in [0.29, 0.717) is 34.2 Å². The first-order valence-corrected chi connectivity index (χ1v) is 11.4. The van der Waals surface area contributed by atoms with Gasteiger partial charge >= 0.3 is 0 Å². The van der Waals surface area contributed by atoms with Gasteiger partial charge in [0.25, 0.3) is 5.91 Å². The number of methoxy groups -OCH3 is 2. The van der Waals surface area contributed by atoms with Crippen LogP contribution in [0, 0.1) is 0 Å². The van der Waals surface area contributed by atoms with Gasteiger partial charge in [0.15, 0.2) is 16.6 Å². The van der Waals surface area contributed by atoms with E-state index >= 15 is 0 Å². The number of nitrogens with zero attached hydrogens (tertiary/aromatic N) is 1. The number of amides is 1. The molecule has 1 heterocycles. The molecule has 0 spiro atoms. The molecule has 0 saturated heterocycles. The molecule has 0 aliphatic heterocycles. The van der Waals surface area contributed by atoms with Crippen molar-refractivity contribution in [3.8, 4) is 23.0 Å². The Kier molecular flexibility index (Phi) is 7.55. The minimum absolute atomic E-state index is 0.0980. The first-order valence-electron chi connectivity index (χ1n) is 10.2. The van der Waals surface area contributed by atoms with E-state index in [-0.39, 0.29) is 20.7 Å². The highest BCUT2D eigenvalue weighted by molar-refractivity contribution is 7.80. The topological polar surface area (TPSA) is 81.7 Å². The minimum Gasteiger partial charge on any atom is -0.493 e.